The number of nitrogens with zero attached hydrogens (tertiary/aromatic N) is 4. The molecule has 1 aliphatic rings. The molecule has 0 aliphatic carbocycles. The fourth-order valence-corrected chi connectivity index (χ4v) is 2.75. The third kappa shape index (κ3) is 3.54. The summed E-state index contributed by atoms with van der Waals surface area (Å²) in [6.07, 6.45) is 1.10. The zero-order chi connectivity index (χ0) is 16.4. The standard InChI is InChI=1S/C14H16F3N5O/c15-14(16,17)11-7-18-13(20-11)10-3-1-5-21(8-10)12(23)9-22-6-2-4-19-22/h2,4,6-7,10H,1,3,5,8-9H2,(H,18,20)/t10-/m1/s1. The van der Waals surface area contributed by atoms with Crippen LogP contribution in [0.4, 0.5) is 13.2 Å². The van der Waals surface area contributed by atoms with Crippen molar-refractivity contribution in [2.75, 3.05) is 13.1 Å². The van der Waals surface area contributed by atoms with Crippen LogP contribution in [0.15, 0.2) is 24.7 Å². The van der Waals surface area contributed by atoms with Gasteiger partial charge >= 0.3 is 6.18 Å². The van der Waals surface area contributed by atoms with Crippen molar-refractivity contribution in [2.24, 2.45) is 0 Å². The molecule has 0 spiro atoms. The SMILES string of the molecule is O=C(Cn1cccn1)N1CCC[C@@H](c2ncc(C(F)(F)F)[nH]2)C1. The first-order valence-corrected chi connectivity index (χ1v) is 7.31. The minimum absolute atomic E-state index is 0.0963. The number of nitrogens with one attached hydrogen (secondary N) is 1. The largest absolute Gasteiger partial charge is 0.432 e. The first-order chi connectivity index (χ1) is 10.9. The number of imidazole rings is 1. The number of H-pyrrole nitrogens is 1. The Morgan fingerprint density at radius 1 is 1.43 bits per heavy atom. The molecule has 0 aromatic carbocycles. The smallest absolute Gasteiger partial charge is 0.340 e. The Bertz CT molecular complexity index is 664. The van der Waals surface area contributed by atoms with Gasteiger partial charge in [0, 0.05) is 31.4 Å². The van der Waals surface area contributed by atoms with E-state index in [2.05, 4.69) is 15.1 Å². The average Bonchev–Trinajstić information content (AvgIpc) is 3.18. The van der Waals surface area contributed by atoms with Crippen molar-refractivity contribution in [2.45, 2.75) is 31.5 Å². The van der Waals surface area contributed by atoms with E-state index in [0.29, 0.717) is 19.5 Å². The lowest BCUT2D eigenvalue weighted by Crippen LogP contribution is -2.41. The van der Waals surface area contributed by atoms with Gasteiger partial charge in [-0.1, -0.05) is 0 Å². The predicted octanol–water partition coefficient (Wildman–Crippen LogP) is 2.03. The van der Waals surface area contributed by atoms with E-state index in [1.54, 1.807) is 23.4 Å². The minimum Gasteiger partial charge on any atom is -0.340 e. The lowest BCUT2D eigenvalue weighted by Gasteiger charge is -2.31. The highest BCUT2D eigenvalue weighted by molar-refractivity contribution is 5.76. The number of halogens is 3. The number of hydrogen-bond acceptors (Lipinski definition) is 3. The van der Waals surface area contributed by atoms with E-state index in [9.17, 15) is 18.0 Å². The molecule has 1 aliphatic heterocycles. The summed E-state index contributed by atoms with van der Waals surface area (Å²) in [7, 11) is 0. The number of likely N-dealkylation sites (tertiary alicyclic amines) is 1. The van der Waals surface area contributed by atoms with Crippen molar-refractivity contribution in [1.29, 1.82) is 0 Å². The molecule has 3 heterocycles. The van der Waals surface area contributed by atoms with Crippen LogP contribution in [0.5, 0.6) is 0 Å². The average molecular weight is 327 g/mol. The number of aromatic amines is 1. The van der Waals surface area contributed by atoms with Crippen LogP contribution < -0.4 is 0 Å². The molecule has 23 heavy (non-hydrogen) atoms. The van der Waals surface area contributed by atoms with Gasteiger partial charge in [-0.15, -0.1) is 0 Å². The molecular formula is C14H16F3N5O. The Morgan fingerprint density at radius 3 is 2.91 bits per heavy atom. The molecule has 3 rings (SSSR count). The number of carbonyl (C=O) groups excluding carboxylic acids is 1. The van der Waals surface area contributed by atoms with Gasteiger partial charge in [0.05, 0.1) is 6.20 Å². The molecule has 6 nitrogen and oxygen atoms in total. The van der Waals surface area contributed by atoms with Gasteiger partial charge in [0.15, 0.2) is 0 Å². The molecule has 0 bridgehead atoms. The maximum Gasteiger partial charge on any atom is 0.432 e. The molecule has 1 saturated heterocycles. The van der Waals surface area contributed by atoms with Crippen LogP contribution >= 0.6 is 0 Å². The van der Waals surface area contributed by atoms with Crippen molar-refractivity contribution in [3.63, 3.8) is 0 Å². The molecule has 2 aromatic rings. The highest BCUT2D eigenvalue weighted by Gasteiger charge is 2.34. The summed E-state index contributed by atoms with van der Waals surface area (Å²) in [6.45, 7) is 1.10. The molecule has 0 unspecified atom stereocenters. The van der Waals surface area contributed by atoms with Crippen LogP contribution in [-0.4, -0.2) is 43.6 Å². The Kier molecular flexibility index (Phi) is 4.10. The Balaban J connectivity index is 1.66. The lowest BCUT2D eigenvalue weighted by molar-refractivity contribution is -0.141. The highest BCUT2D eigenvalue weighted by Crippen LogP contribution is 2.31. The summed E-state index contributed by atoms with van der Waals surface area (Å²) in [4.78, 5) is 20.1. The zero-order valence-corrected chi connectivity index (χ0v) is 12.3. The minimum atomic E-state index is -4.44. The monoisotopic (exact) mass is 327 g/mol. The second-order valence-electron chi connectivity index (χ2n) is 5.56. The molecule has 0 saturated carbocycles. The van der Waals surface area contributed by atoms with E-state index >= 15 is 0 Å². The fraction of sp³-hybridized carbons (Fsp3) is 0.500. The van der Waals surface area contributed by atoms with Gasteiger partial charge in [0.25, 0.3) is 0 Å². The molecule has 1 atom stereocenters. The Morgan fingerprint density at radius 2 is 2.26 bits per heavy atom. The van der Waals surface area contributed by atoms with Gasteiger partial charge in [-0.25, -0.2) is 4.98 Å². The van der Waals surface area contributed by atoms with Crippen LogP contribution in [-0.2, 0) is 17.5 Å². The van der Waals surface area contributed by atoms with Gasteiger partial charge in [-0.3, -0.25) is 9.48 Å². The Labute approximate surface area is 130 Å². The molecule has 1 fully saturated rings. The number of aromatic nitrogens is 4. The molecule has 0 radical (unpaired) electrons. The summed E-state index contributed by atoms with van der Waals surface area (Å²) in [5, 5.41) is 3.98. The highest BCUT2D eigenvalue weighted by atomic mass is 19.4. The third-order valence-electron chi connectivity index (χ3n) is 3.92. The number of piperidine rings is 1. The van der Waals surface area contributed by atoms with Gasteiger partial charge in [0.2, 0.25) is 5.91 Å². The number of rotatable bonds is 3. The second kappa shape index (κ2) is 6.05. The number of amides is 1. The summed E-state index contributed by atoms with van der Waals surface area (Å²) >= 11 is 0. The zero-order valence-electron chi connectivity index (χ0n) is 12.3. The fourth-order valence-electron chi connectivity index (χ4n) is 2.75. The first-order valence-electron chi connectivity index (χ1n) is 7.31. The van der Waals surface area contributed by atoms with E-state index in [1.165, 1.54) is 4.68 Å². The maximum atomic E-state index is 12.6. The number of hydrogen-bond donors (Lipinski definition) is 1. The quantitative estimate of drug-likeness (QED) is 0.938. The first kappa shape index (κ1) is 15.6. The number of carbonyl (C=O) groups is 1. The normalized spacial score (nSPS) is 19.1. The lowest BCUT2D eigenvalue weighted by atomic mass is 9.97. The summed E-state index contributed by atoms with van der Waals surface area (Å²) in [6, 6.07) is 1.73. The topological polar surface area (TPSA) is 66.8 Å². The van der Waals surface area contributed by atoms with Crippen LogP contribution in [0.25, 0.3) is 0 Å². The predicted molar refractivity (Wildman–Crippen MR) is 74.4 cm³/mol. The molecular weight excluding hydrogens is 311 g/mol. The van der Waals surface area contributed by atoms with Crippen molar-refractivity contribution < 1.29 is 18.0 Å². The summed E-state index contributed by atoms with van der Waals surface area (Å²) in [5.74, 6) is -0.0173. The van der Waals surface area contributed by atoms with E-state index in [-0.39, 0.29) is 24.2 Å². The summed E-state index contributed by atoms with van der Waals surface area (Å²) < 4.78 is 39.4. The Hall–Kier alpha value is -2.32. The molecule has 124 valence electrons. The maximum absolute atomic E-state index is 12.6. The van der Waals surface area contributed by atoms with Crippen molar-refractivity contribution in [1.82, 2.24) is 24.6 Å². The van der Waals surface area contributed by atoms with Crippen LogP contribution in [0.1, 0.15) is 30.3 Å². The van der Waals surface area contributed by atoms with Crippen LogP contribution in [0.2, 0.25) is 0 Å². The van der Waals surface area contributed by atoms with Crippen molar-refractivity contribution >= 4 is 5.91 Å². The van der Waals surface area contributed by atoms with Crippen molar-refractivity contribution in [3.05, 3.63) is 36.2 Å². The van der Waals surface area contributed by atoms with E-state index in [4.69, 9.17) is 0 Å². The van der Waals surface area contributed by atoms with Gasteiger partial charge in [0.1, 0.15) is 18.1 Å². The third-order valence-corrected chi connectivity index (χ3v) is 3.92. The second-order valence-corrected chi connectivity index (χ2v) is 5.56. The molecule has 1 N–H and O–H groups in total. The van der Waals surface area contributed by atoms with Crippen molar-refractivity contribution in [3.8, 4) is 0 Å². The van der Waals surface area contributed by atoms with E-state index in [0.717, 1.165) is 12.6 Å². The van der Waals surface area contributed by atoms with Crippen LogP contribution in [0, 0.1) is 0 Å². The van der Waals surface area contributed by atoms with Crippen LogP contribution in [0.3, 0.4) is 0 Å². The summed E-state index contributed by atoms with van der Waals surface area (Å²) in [5.41, 5.74) is -0.854. The van der Waals surface area contributed by atoms with E-state index < -0.39 is 11.9 Å². The molecule has 1 amide bonds. The van der Waals surface area contributed by atoms with Gasteiger partial charge < -0.3 is 9.88 Å². The molecule has 9 heteroatoms. The molecule has 2 aromatic heterocycles. The number of alkyl halides is 3. The van der Waals surface area contributed by atoms with Gasteiger partial charge in [-0.2, -0.15) is 18.3 Å². The van der Waals surface area contributed by atoms with Gasteiger partial charge in [-0.05, 0) is 18.9 Å². The van der Waals surface area contributed by atoms with E-state index in [1.807, 2.05) is 0 Å².